The maximum Gasteiger partial charge on any atom is 0.410 e. The van der Waals surface area contributed by atoms with Gasteiger partial charge in [-0.15, -0.1) is 0 Å². The van der Waals surface area contributed by atoms with Crippen LogP contribution in [0.3, 0.4) is 0 Å². The molecule has 86 valence electrons. The van der Waals surface area contributed by atoms with E-state index in [2.05, 4.69) is 9.72 Å². The molecule has 0 fully saturated rings. The minimum Gasteiger partial charge on any atom is -0.409 e. The topological polar surface area (TPSA) is 65.2 Å². The van der Waals surface area contributed by atoms with Crippen LogP contribution in [0.1, 0.15) is 0 Å². The molecule has 1 heterocycles. The molecule has 0 aliphatic heterocycles. The van der Waals surface area contributed by atoms with Crippen LogP contribution in [-0.4, -0.2) is 11.1 Å². The van der Waals surface area contributed by atoms with E-state index in [1.54, 1.807) is 24.3 Å². The highest BCUT2D eigenvalue weighted by atomic mass is 19.1. The number of benzene rings is 1. The first-order valence-corrected chi connectivity index (χ1v) is 4.85. The Hall–Kier alpha value is -2.43. The Bertz CT molecular complexity index is 543. The summed E-state index contributed by atoms with van der Waals surface area (Å²) in [4.78, 5) is 14.4. The fraction of sp³-hybridized carbons (Fsp3) is 0. The minimum absolute atomic E-state index is 0.0188. The van der Waals surface area contributed by atoms with Crippen molar-refractivity contribution in [2.45, 2.75) is 0 Å². The third-order valence-corrected chi connectivity index (χ3v) is 2.08. The van der Waals surface area contributed by atoms with Gasteiger partial charge in [-0.05, 0) is 0 Å². The van der Waals surface area contributed by atoms with Crippen LogP contribution in [0.15, 0.2) is 42.6 Å². The van der Waals surface area contributed by atoms with E-state index in [0.717, 1.165) is 6.07 Å². The summed E-state index contributed by atoms with van der Waals surface area (Å²) in [5.74, 6) is -0.593. The second kappa shape index (κ2) is 4.61. The molecule has 0 spiro atoms. The quantitative estimate of drug-likeness (QED) is 0.864. The molecule has 0 bridgehead atoms. The normalized spacial score (nSPS) is 9.94. The average molecular weight is 232 g/mol. The van der Waals surface area contributed by atoms with Gasteiger partial charge in [0.2, 0.25) is 0 Å². The van der Waals surface area contributed by atoms with E-state index >= 15 is 0 Å². The van der Waals surface area contributed by atoms with E-state index in [0.29, 0.717) is 5.56 Å². The number of nitrogens with zero attached hydrogens (tertiary/aromatic N) is 1. The molecule has 1 amide bonds. The van der Waals surface area contributed by atoms with Gasteiger partial charge in [0.05, 0.1) is 6.20 Å². The number of aromatic nitrogens is 1. The first-order chi connectivity index (χ1) is 8.16. The fourth-order valence-electron chi connectivity index (χ4n) is 1.40. The summed E-state index contributed by atoms with van der Waals surface area (Å²) in [6.07, 6.45) is 0.245. The second-order valence-electron chi connectivity index (χ2n) is 3.29. The lowest BCUT2D eigenvalue weighted by molar-refractivity contribution is 0.210. The van der Waals surface area contributed by atoms with Crippen molar-refractivity contribution in [3.05, 3.63) is 48.4 Å². The maximum absolute atomic E-state index is 13.7. The summed E-state index contributed by atoms with van der Waals surface area (Å²) >= 11 is 0. The summed E-state index contributed by atoms with van der Waals surface area (Å²) in [6.45, 7) is 0. The van der Waals surface area contributed by atoms with E-state index in [1.165, 1.54) is 6.20 Å². The smallest absolute Gasteiger partial charge is 0.409 e. The summed E-state index contributed by atoms with van der Waals surface area (Å²) in [7, 11) is 0. The van der Waals surface area contributed by atoms with Crippen molar-refractivity contribution in [1.82, 2.24) is 4.98 Å². The lowest BCUT2D eigenvalue weighted by Crippen LogP contribution is -2.16. The molecule has 1 aromatic carbocycles. The van der Waals surface area contributed by atoms with Gasteiger partial charge in [0, 0.05) is 11.6 Å². The van der Waals surface area contributed by atoms with Crippen molar-refractivity contribution >= 4 is 6.09 Å². The number of hydrogen-bond donors (Lipinski definition) is 1. The number of amides is 1. The van der Waals surface area contributed by atoms with Crippen molar-refractivity contribution in [1.29, 1.82) is 0 Å². The molecule has 0 saturated heterocycles. The number of nitrogens with two attached hydrogens (primary N) is 1. The van der Waals surface area contributed by atoms with Crippen LogP contribution in [0.2, 0.25) is 0 Å². The van der Waals surface area contributed by atoms with Gasteiger partial charge in [0.1, 0.15) is 5.69 Å². The molecule has 17 heavy (non-hydrogen) atoms. The van der Waals surface area contributed by atoms with Crippen molar-refractivity contribution < 1.29 is 13.9 Å². The molecule has 2 rings (SSSR count). The van der Waals surface area contributed by atoms with Gasteiger partial charge in [-0.25, -0.2) is 14.2 Å². The lowest BCUT2D eigenvalue weighted by atomic mass is 10.1. The second-order valence-corrected chi connectivity index (χ2v) is 3.29. The highest BCUT2D eigenvalue weighted by molar-refractivity contribution is 5.68. The number of pyridine rings is 1. The van der Waals surface area contributed by atoms with Crippen LogP contribution in [-0.2, 0) is 0 Å². The van der Waals surface area contributed by atoms with E-state index in [1.807, 2.05) is 6.07 Å². The van der Waals surface area contributed by atoms with E-state index in [9.17, 15) is 9.18 Å². The first kappa shape index (κ1) is 11.1. The average Bonchev–Trinajstić information content (AvgIpc) is 2.29. The van der Waals surface area contributed by atoms with Gasteiger partial charge in [0.15, 0.2) is 11.6 Å². The Morgan fingerprint density at radius 3 is 2.59 bits per heavy atom. The zero-order valence-electron chi connectivity index (χ0n) is 8.76. The monoisotopic (exact) mass is 232 g/mol. The summed E-state index contributed by atoms with van der Waals surface area (Å²) < 4.78 is 18.2. The first-order valence-electron chi connectivity index (χ1n) is 4.85. The van der Waals surface area contributed by atoms with Crippen molar-refractivity contribution in [2.75, 3.05) is 0 Å². The zero-order chi connectivity index (χ0) is 12.3. The van der Waals surface area contributed by atoms with Crippen LogP contribution in [0.25, 0.3) is 11.3 Å². The molecular formula is C12H9FN2O2. The van der Waals surface area contributed by atoms with Gasteiger partial charge in [-0.3, -0.25) is 0 Å². The molecule has 2 aromatic rings. The van der Waals surface area contributed by atoms with Crippen LogP contribution < -0.4 is 10.5 Å². The molecule has 0 radical (unpaired) electrons. The fourth-order valence-corrected chi connectivity index (χ4v) is 1.40. The Morgan fingerprint density at radius 2 is 2.00 bits per heavy atom. The Morgan fingerprint density at radius 1 is 1.29 bits per heavy atom. The number of hydrogen-bond acceptors (Lipinski definition) is 3. The number of primary amides is 1. The molecule has 5 heteroatoms. The van der Waals surface area contributed by atoms with Crippen molar-refractivity contribution in [2.24, 2.45) is 5.73 Å². The highest BCUT2D eigenvalue weighted by Crippen LogP contribution is 2.23. The number of ether oxygens (including phenoxy) is 1. The van der Waals surface area contributed by atoms with Gasteiger partial charge in [-0.1, -0.05) is 30.3 Å². The Labute approximate surface area is 96.9 Å². The number of rotatable bonds is 2. The van der Waals surface area contributed by atoms with Crippen molar-refractivity contribution in [3.63, 3.8) is 0 Å². The Balaban J connectivity index is 2.35. The van der Waals surface area contributed by atoms with E-state index in [4.69, 9.17) is 5.73 Å². The predicted molar refractivity (Wildman–Crippen MR) is 59.8 cm³/mol. The van der Waals surface area contributed by atoms with E-state index in [-0.39, 0.29) is 11.4 Å². The molecule has 0 saturated carbocycles. The number of halogens is 1. The SMILES string of the molecule is NC(=O)Oc1cnc(-c2ccccc2)c(F)c1. The van der Waals surface area contributed by atoms with Crippen molar-refractivity contribution in [3.8, 4) is 17.0 Å². The minimum atomic E-state index is -1.00. The molecular weight excluding hydrogens is 223 g/mol. The molecule has 0 unspecified atom stereocenters. The third kappa shape index (κ3) is 2.57. The predicted octanol–water partition coefficient (Wildman–Crippen LogP) is 2.35. The van der Waals surface area contributed by atoms with Gasteiger partial charge in [-0.2, -0.15) is 0 Å². The molecule has 1 aromatic heterocycles. The van der Waals surface area contributed by atoms with Crippen LogP contribution in [0, 0.1) is 5.82 Å². The van der Waals surface area contributed by atoms with Crippen LogP contribution in [0.4, 0.5) is 9.18 Å². The number of carbonyl (C=O) groups is 1. The summed E-state index contributed by atoms with van der Waals surface area (Å²) in [5, 5.41) is 0. The summed E-state index contributed by atoms with van der Waals surface area (Å²) in [5.41, 5.74) is 5.66. The molecule has 0 aliphatic rings. The third-order valence-electron chi connectivity index (χ3n) is 2.08. The van der Waals surface area contributed by atoms with Crippen LogP contribution >= 0.6 is 0 Å². The van der Waals surface area contributed by atoms with Gasteiger partial charge in [0.25, 0.3) is 0 Å². The molecule has 4 nitrogen and oxygen atoms in total. The van der Waals surface area contributed by atoms with Crippen LogP contribution in [0.5, 0.6) is 5.75 Å². The highest BCUT2D eigenvalue weighted by Gasteiger charge is 2.09. The largest absolute Gasteiger partial charge is 0.410 e. The van der Waals surface area contributed by atoms with E-state index < -0.39 is 11.9 Å². The van der Waals surface area contributed by atoms with Gasteiger partial charge < -0.3 is 10.5 Å². The molecule has 2 N–H and O–H groups in total. The Kier molecular flexibility index (Phi) is 3.00. The summed E-state index contributed by atoms with van der Waals surface area (Å²) in [6, 6.07) is 9.93. The molecule has 0 aliphatic carbocycles. The standard InChI is InChI=1S/C12H9FN2O2/c13-10-6-9(17-12(14)16)7-15-11(10)8-4-2-1-3-5-8/h1-7H,(H2,14,16). The number of carbonyl (C=O) groups excluding carboxylic acids is 1. The lowest BCUT2D eigenvalue weighted by Gasteiger charge is -2.04. The molecule has 0 atom stereocenters. The van der Waals surface area contributed by atoms with Gasteiger partial charge >= 0.3 is 6.09 Å². The maximum atomic E-state index is 13.7. The zero-order valence-corrected chi connectivity index (χ0v) is 8.76.